The predicted molar refractivity (Wildman–Crippen MR) is 62.1 cm³/mol. The Morgan fingerprint density at radius 1 is 1.42 bits per heavy atom. The molecule has 12 heavy (non-hydrogen) atoms. The molecule has 2 N–H and O–H groups in total. The summed E-state index contributed by atoms with van der Waals surface area (Å²) in [4.78, 5) is 15.7. The first-order valence-corrected chi connectivity index (χ1v) is 7.82. The van der Waals surface area contributed by atoms with Gasteiger partial charge < -0.3 is 9.79 Å². The highest BCUT2D eigenvalue weighted by molar-refractivity contribution is 8.59. The Hall–Kier alpha value is 1.18. The van der Waals surface area contributed by atoms with Gasteiger partial charge in [0.1, 0.15) is 9.24 Å². The average molecular weight is 280 g/mol. The van der Waals surface area contributed by atoms with Crippen molar-refractivity contribution in [3.8, 4) is 0 Å². The fourth-order valence-corrected chi connectivity index (χ4v) is 0.886. The van der Waals surface area contributed by atoms with Crippen LogP contribution >= 0.6 is 54.7 Å². The minimum absolute atomic E-state index is 0.605. The van der Waals surface area contributed by atoms with Gasteiger partial charge in [0.25, 0.3) is 0 Å². The molecular weight excluding hydrogens is 275 g/mol. The van der Waals surface area contributed by atoms with Gasteiger partial charge >= 0.3 is 0 Å². The lowest BCUT2D eigenvalue weighted by Gasteiger charge is -1.88. The Labute approximate surface area is 94.7 Å². The molecule has 0 saturated carbocycles. The molecule has 0 atom stereocenters. The third-order valence-electron chi connectivity index (χ3n) is 0.454. The minimum atomic E-state index is -3.11. The van der Waals surface area contributed by atoms with Crippen molar-refractivity contribution in [2.75, 3.05) is 0 Å². The van der Waals surface area contributed by atoms with Gasteiger partial charge in [0, 0.05) is 0 Å². The highest BCUT2D eigenvalue weighted by Gasteiger charge is 1.93. The second-order valence-corrected chi connectivity index (χ2v) is 8.38. The third kappa shape index (κ3) is 9.27. The van der Waals surface area contributed by atoms with Crippen molar-refractivity contribution in [2.24, 2.45) is 0 Å². The van der Waals surface area contributed by atoms with Crippen molar-refractivity contribution in [2.45, 2.75) is 9.24 Å². The van der Waals surface area contributed by atoms with Gasteiger partial charge in [-0.2, -0.15) is 0 Å². The normalized spacial score (nSPS) is 10.4. The molecule has 0 radical (unpaired) electrons. The molecule has 1 aromatic heterocycles. The van der Waals surface area contributed by atoms with E-state index < -0.39 is 5.69 Å². The number of hydrogen-bond donors (Lipinski definition) is 5. The maximum Gasteiger partial charge on any atom is 0.239 e. The van der Waals surface area contributed by atoms with E-state index in [1.165, 1.54) is 11.5 Å². The molecule has 0 amide bonds. The van der Waals surface area contributed by atoms with Crippen LogP contribution in [0.3, 0.4) is 0 Å². The number of aromatic nitrogens is 2. The summed E-state index contributed by atoms with van der Waals surface area (Å²) in [5.41, 5.74) is -3.11. The lowest BCUT2D eigenvalue weighted by Crippen LogP contribution is -1.61. The van der Waals surface area contributed by atoms with Gasteiger partial charge in [0.15, 0.2) is 0 Å². The first-order valence-electron chi connectivity index (χ1n) is 2.29. The molecule has 0 saturated heterocycles. The van der Waals surface area contributed by atoms with E-state index in [1.54, 1.807) is 0 Å². The minimum Gasteiger partial charge on any atom is -0.338 e. The molecule has 1 heterocycles. The van der Waals surface area contributed by atoms with Gasteiger partial charge in [-0.3, -0.25) is 0 Å². The first-order chi connectivity index (χ1) is 5.30. The van der Waals surface area contributed by atoms with Crippen LogP contribution < -0.4 is 0 Å². The Morgan fingerprint density at radius 3 is 1.92 bits per heavy atom. The fourth-order valence-electron chi connectivity index (χ4n) is 0.181. The van der Waals surface area contributed by atoms with Crippen molar-refractivity contribution in [1.82, 2.24) is 9.59 Å². The molecule has 0 aliphatic rings. The number of thiol groups is 3. The van der Waals surface area contributed by atoms with E-state index in [-0.39, 0.29) is 0 Å². The van der Waals surface area contributed by atoms with Crippen LogP contribution in [0.25, 0.3) is 0 Å². The fraction of sp³-hybridized carbons (Fsp3) is 0. The molecule has 1 aromatic rings. The Morgan fingerprint density at radius 2 is 1.83 bits per heavy atom. The molecule has 0 aliphatic heterocycles. The van der Waals surface area contributed by atoms with Gasteiger partial charge in [-0.15, -0.1) is 30.4 Å². The van der Waals surface area contributed by atoms with E-state index in [0.717, 1.165) is 4.21 Å². The van der Waals surface area contributed by atoms with Crippen LogP contribution in [0.1, 0.15) is 0 Å². The van der Waals surface area contributed by atoms with Crippen LogP contribution in [0.4, 0.5) is 0 Å². The van der Waals surface area contributed by atoms with Gasteiger partial charge in [-0.25, -0.2) is 0 Å². The lowest BCUT2D eigenvalue weighted by molar-refractivity contribution is 0.503. The SMILES string of the molecule is OP(O)(=S)S.Sc1nnsc1S. The number of rotatable bonds is 0. The molecule has 0 aliphatic carbocycles. The standard InChI is InChI=1S/C2H2N2S3.H3O2PS2/c5-1-2(6)7-4-3-1;1-3(2,4)5/h5-6H;(H3,1,2,4,5). The van der Waals surface area contributed by atoms with E-state index in [2.05, 4.69) is 58.9 Å². The molecule has 0 aromatic carbocycles. The number of hydrogen-bond acceptors (Lipinski definition) is 6. The van der Waals surface area contributed by atoms with Crippen LogP contribution in [0.5, 0.6) is 0 Å². The van der Waals surface area contributed by atoms with Crippen LogP contribution in [0.15, 0.2) is 9.24 Å². The van der Waals surface area contributed by atoms with Gasteiger partial charge in [0.2, 0.25) is 5.69 Å². The molecule has 1 rings (SSSR count). The molecule has 70 valence electrons. The van der Waals surface area contributed by atoms with Crippen molar-refractivity contribution in [3.63, 3.8) is 0 Å². The van der Waals surface area contributed by atoms with E-state index in [4.69, 9.17) is 9.79 Å². The lowest BCUT2D eigenvalue weighted by atomic mass is 11.0. The first kappa shape index (κ1) is 13.2. The summed E-state index contributed by atoms with van der Waals surface area (Å²) in [6, 6.07) is 0. The summed E-state index contributed by atoms with van der Waals surface area (Å²) in [7, 11) is 0. The third-order valence-corrected chi connectivity index (χ3v) is 2.08. The van der Waals surface area contributed by atoms with Crippen molar-refractivity contribution in [3.05, 3.63) is 0 Å². The Bertz CT molecular complexity index is 258. The highest BCUT2D eigenvalue weighted by atomic mass is 32.9. The largest absolute Gasteiger partial charge is 0.338 e. The maximum absolute atomic E-state index is 7.87. The summed E-state index contributed by atoms with van der Waals surface area (Å²) in [5.74, 6) is 0. The smallest absolute Gasteiger partial charge is 0.239 e. The highest BCUT2D eigenvalue weighted by Crippen LogP contribution is 2.39. The second-order valence-electron chi connectivity index (χ2n) is 1.41. The molecule has 0 bridgehead atoms. The summed E-state index contributed by atoms with van der Waals surface area (Å²) >= 11 is 16.2. The molecule has 0 unspecified atom stereocenters. The van der Waals surface area contributed by atoms with Crippen LogP contribution in [0.2, 0.25) is 0 Å². The molecule has 0 spiro atoms. The molecule has 0 fully saturated rings. The molecule has 10 heteroatoms. The topological polar surface area (TPSA) is 66.2 Å². The average Bonchev–Trinajstić information content (AvgIpc) is 2.12. The summed E-state index contributed by atoms with van der Waals surface area (Å²) in [5, 5.41) is 4.18. The van der Waals surface area contributed by atoms with Gasteiger partial charge in [-0.1, -0.05) is 16.7 Å². The van der Waals surface area contributed by atoms with E-state index >= 15 is 0 Å². The van der Waals surface area contributed by atoms with Crippen LogP contribution in [0, 0.1) is 0 Å². The second kappa shape index (κ2) is 5.82. The zero-order valence-corrected chi connectivity index (χ0v) is 10.6. The quantitative estimate of drug-likeness (QED) is 0.365. The monoisotopic (exact) mass is 280 g/mol. The zero-order chi connectivity index (χ0) is 9.78. The molecule has 4 nitrogen and oxygen atoms in total. The van der Waals surface area contributed by atoms with Gasteiger partial charge in [0.05, 0.1) is 0 Å². The van der Waals surface area contributed by atoms with Crippen LogP contribution in [-0.4, -0.2) is 19.4 Å². The van der Waals surface area contributed by atoms with E-state index in [0.29, 0.717) is 5.03 Å². The number of nitrogens with zero attached hydrogens (tertiary/aromatic N) is 2. The maximum atomic E-state index is 7.87. The van der Waals surface area contributed by atoms with Crippen molar-refractivity contribution in [1.29, 1.82) is 0 Å². The van der Waals surface area contributed by atoms with Gasteiger partial charge in [-0.05, 0) is 23.3 Å². The molecular formula is C2H5N2O2PS5. The summed E-state index contributed by atoms with van der Waals surface area (Å²) in [6.07, 6.45) is 0. The van der Waals surface area contributed by atoms with E-state index in [9.17, 15) is 0 Å². The van der Waals surface area contributed by atoms with Crippen LogP contribution in [-0.2, 0) is 11.8 Å². The summed E-state index contributed by atoms with van der Waals surface area (Å²) in [6.45, 7) is 0. The predicted octanol–water partition coefficient (Wildman–Crippen LogP) is 1.24. The summed E-state index contributed by atoms with van der Waals surface area (Å²) < 4.78 is 4.33. The zero-order valence-electron chi connectivity index (χ0n) is 5.39. The van der Waals surface area contributed by atoms with Crippen molar-refractivity contribution < 1.29 is 9.79 Å². The van der Waals surface area contributed by atoms with E-state index in [1.807, 2.05) is 0 Å². The Kier molecular flexibility index (Phi) is 6.39. The Balaban J connectivity index is 0.000000217. The van der Waals surface area contributed by atoms with Crippen molar-refractivity contribution >= 4 is 66.5 Å².